The van der Waals surface area contributed by atoms with Gasteiger partial charge in [-0.1, -0.05) is 53.4 Å². The molecule has 0 unspecified atom stereocenters. The zero-order valence-electron chi connectivity index (χ0n) is 25.7. The van der Waals surface area contributed by atoms with Gasteiger partial charge in [0.25, 0.3) is 0 Å². The number of ether oxygens (including phenoxy) is 2. The summed E-state index contributed by atoms with van der Waals surface area (Å²) in [6.45, 7) is 15.5. The fraction of sp³-hybridized carbons (Fsp3) is 0.933. The average molecular weight is 528 g/mol. The molecule has 0 aliphatic heterocycles. The van der Waals surface area contributed by atoms with Gasteiger partial charge in [-0.3, -0.25) is 4.79 Å². The quantitative estimate of drug-likeness (QED) is 0.120. The summed E-state index contributed by atoms with van der Waals surface area (Å²) in [5.41, 5.74) is 6.21. The van der Waals surface area contributed by atoms with Crippen LogP contribution in [0.1, 0.15) is 125 Å². The monoisotopic (exact) mass is 527 g/mol. The fourth-order valence-corrected chi connectivity index (χ4v) is 4.21. The van der Waals surface area contributed by atoms with E-state index in [4.69, 9.17) is 15.2 Å². The van der Waals surface area contributed by atoms with Crippen molar-refractivity contribution in [1.29, 1.82) is 0 Å². The highest BCUT2D eigenvalue weighted by Gasteiger charge is 2.20. The summed E-state index contributed by atoms with van der Waals surface area (Å²) in [6, 6.07) is 0. The molecule has 0 saturated heterocycles. The Bertz CT molecular complexity index is 612. The Morgan fingerprint density at radius 3 is 1.92 bits per heavy atom. The van der Waals surface area contributed by atoms with E-state index in [0.717, 1.165) is 70.8 Å². The number of amides is 1. The van der Waals surface area contributed by atoms with Crippen molar-refractivity contribution in [3.8, 4) is 0 Å². The van der Waals surface area contributed by atoms with E-state index in [1.807, 2.05) is 0 Å². The molecule has 0 radical (unpaired) electrons. The van der Waals surface area contributed by atoms with Crippen molar-refractivity contribution in [2.75, 3.05) is 40.4 Å². The molecule has 0 fully saturated rings. The van der Waals surface area contributed by atoms with Gasteiger partial charge >= 0.3 is 6.16 Å². The Morgan fingerprint density at radius 1 is 0.703 bits per heavy atom. The van der Waals surface area contributed by atoms with Crippen molar-refractivity contribution in [1.82, 2.24) is 10.2 Å². The Kier molecular flexibility index (Phi) is 18.2. The first-order valence-corrected chi connectivity index (χ1v) is 14.6. The van der Waals surface area contributed by atoms with Gasteiger partial charge in [-0.2, -0.15) is 0 Å². The number of hydrogen-bond donors (Lipinski definition) is 2. The Balaban J connectivity index is 3.76. The third-order valence-corrected chi connectivity index (χ3v) is 7.03. The molecule has 0 saturated carbocycles. The van der Waals surface area contributed by atoms with Crippen LogP contribution in [-0.4, -0.2) is 62.9 Å². The van der Waals surface area contributed by atoms with E-state index in [0.29, 0.717) is 26.2 Å². The van der Waals surface area contributed by atoms with E-state index in [2.05, 4.69) is 65.9 Å². The maximum atomic E-state index is 12.1. The third-order valence-electron chi connectivity index (χ3n) is 7.03. The standard InChI is InChI=1S/C30H61N3O4/c1-28(2,20-23-33(7)8)18-15-24-36-27(35)37-25-21-29(3,4)17-14-22-32-26(34)16-12-10-9-11-13-19-30(5,6)31/h9-25,31H2,1-8H3,(H,32,34). The lowest BCUT2D eigenvalue weighted by Gasteiger charge is -2.26. The van der Waals surface area contributed by atoms with Crippen LogP contribution in [0.4, 0.5) is 4.79 Å². The number of nitrogens with zero attached hydrogens (tertiary/aromatic N) is 1. The Labute approximate surface area is 229 Å². The summed E-state index contributed by atoms with van der Waals surface area (Å²) in [7, 11) is 4.18. The molecule has 0 aliphatic rings. The Morgan fingerprint density at radius 2 is 1.27 bits per heavy atom. The molecular weight excluding hydrogens is 466 g/mol. The van der Waals surface area contributed by atoms with Crippen LogP contribution in [0.2, 0.25) is 0 Å². The second kappa shape index (κ2) is 18.8. The highest BCUT2D eigenvalue weighted by Crippen LogP contribution is 2.27. The van der Waals surface area contributed by atoms with E-state index in [1.54, 1.807) is 0 Å². The second-order valence-electron chi connectivity index (χ2n) is 13.4. The number of carbonyl (C=O) groups excluding carboxylic acids is 2. The van der Waals surface area contributed by atoms with Crippen LogP contribution in [-0.2, 0) is 14.3 Å². The number of carbonyl (C=O) groups is 2. The first-order chi connectivity index (χ1) is 17.1. The summed E-state index contributed by atoms with van der Waals surface area (Å²) in [5, 5.41) is 3.04. The molecule has 0 bridgehead atoms. The lowest BCUT2D eigenvalue weighted by atomic mass is 9.84. The molecule has 0 heterocycles. The van der Waals surface area contributed by atoms with E-state index in [-0.39, 0.29) is 22.3 Å². The fourth-order valence-electron chi connectivity index (χ4n) is 4.21. The molecule has 7 heteroatoms. The van der Waals surface area contributed by atoms with Crippen LogP contribution in [0, 0.1) is 10.8 Å². The van der Waals surface area contributed by atoms with E-state index >= 15 is 0 Å². The molecule has 0 rings (SSSR count). The molecule has 0 aromatic heterocycles. The number of unbranched alkanes of at least 4 members (excludes halogenated alkanes) is 4. The normalized spacial score (nSPS) is 12.6. The molecule has 1 amide bonds. The molecule has 37 heavy (non-hydrogen) atoms. The van der Waals surface area contributed by atoms with Crippen molar-refractivity contribution in [2.45, 2.75) is 131 Å². The minimum absolute atomic E-state index is 0.0412. The molecule has 7 nitrogen and oxygen atoms in total. The van der Waals surface area contributed by atoms with Crippen molar-refractivity contribution in [3.05, 3.63) is 0 Å². The van der Waals surface area contributed by atoms with Crippen LogP contribution < -0.4 is 11.1 Å². The number of nitrogens with one attached hydrogen (secondary N) is 1. The minimum atomic E-state index is -0.572. The predicted molar refractivity (Wildman–Crippen MR) is 155 cm³/mol. The lowest BCUT2D eigenvalue weighted by molar-refractivity contribution is -0.121. The largest absolute Gasteiger partial charge is 0.508 e. The maximum Gasteiger partial charge on any atom is 0.508 e. The van der Waals surface area contributed by atoms with Crippen molar-refractivity contribution in [2.24, 2.45) is 16.6 Å². The first-order valence-electron chi connectivity index (χ1n) is 14.6. The van der Waals surface area contributed by atoms with Crippen LogP contribution in [0.25, 0.3) is 0 Å². The number of hydrogen-bond acceptors (Lipinski definition) is 6. The van der Waals surface area contributed by atoms with Crippen molar-refractivity contribution < 1.29 is 19.1 Å². The molecular formula is C30H61N3O4. The minimum Gasteiger partial charge on any atom is -0.434 e. The molecule has 0 aromatic rings. The zero-order valence-corrected chi connectivity index (χ0v) is 25.7. The molecule has 0 aliphatic carbocycles. The van der Waals surface area contributed by atoms with Crippen LogP contribution in [0.5, 0.6) is 0 Å². The van der Waals surface area contributed by atoms with Gasteiger partial charge in [-0.05, 0) is 96.7 Å². The third kappa shape index (κ3) is 24.7. The molecule has 0 spiro atoms. The average Bonchev–Trinajstić information content (AvgIpc) is 2.77. The van der Waals surface area contributed by atoms with Gasteiger partial charge in [-0.25, -0.2) is 4.79 Å². The van der Waals surface area contributed by atoms with Gasteiger partial charge < -0.3 is 25.4 Å². The van der Waals surface area contributed by atoms with Crippen molar-refractivity contribution >= 4 is 12.1 Å². The Hall–Kier alpha value is -1.34. The van der Waals surface area contributed by atoms with Gasteiger partial charge in [0, 0.05) is 18.5 Å². The maximum absolute atomic E-state index is 12.1. The van der Waals surface area contributed by atoms with Gasteiger partial charge in [-0.15, -0.1) is 0 Å². The van der Waals surface area contributed by atoms with Gasteiger partial charge in [0.05, 0.1) is 13.2 Å². The topological polar surface area (TPSA) is 93.9 Å². The smallest absolute Gasteiger partial charge is 0.434 e. The highest BCUT2D eigenvalue weighted by atomic mass is 16.7. The van der Waals surface area contributed by atoms with Gasteiger partial charge in [0.15, 0.2) is 0 Å². The van der Waals surface area contributed by atoms with Crippen LogP contribution >= 0.6 is 0 Å². The lowest BCUT2D eigenvalue weighted by Crippen LogP contribution is -2.31. The predicted octanol–water partition coefficient (Wildman–Crippen LogP) is 6.68. The summed E-state index contributed by atoms with van der Waals surface area (Å²) >= 11 is 0. The second-order valence-corrected chi connectivity index (χ2v) is 13.4. The van der Waals surface area contributed by atoms with Crippen molar-refractivity contribution in [3.63, 3.8) is 0 Å². The van der Waals surface area contributed by atoms with Crippen LogP contribution in [0.15, 0.2) is 0 Å². The SMILES string of the molecule is CN(C)CCC(C)(C)CCCOC(=O)OCCC(C)(C)CCCNC(=O)CCCCCCCC(C)(C)N. The summed E-state index contributed by atoms with van der Waals surface area (Å²) in [4.78, 5) is 26.2. The molecule has 0 aromatic carbocycles. The number of nitrogens with two attached hydrogens (primary N) is 1. The van der Waals surface area contributed by atoms with E-state index in [1.165, 1.54) is 12.8 Å². The van der Waals surface area contributed by atoms with Crippen LogP contribution in [0.3, 0.4) is 0 Å². The summed E-state index contributed by atoms with van der Waals surface area (Å²) in [5.74, 6) is 0.146. The van der Waals surface area contributed by atoms with E-state index in [9.17, 15) is 9.59 Å². The van der Waals surface area contributed by atoms with Gasteiger partial charge in [0.1, 0.15) is 0 Å². The molecule has 0 atom stereocenters. The molecule has 3 N–H and O–H groups in total. The summed E-state index contributed by atoms with van der Waals surface area (Å²) < 4.78 is 10.5. The zero-order chi connectivity index (χ0) is 28.4. The van der Waals surface area contributed by atoms with E-state index < -0.39 is 6.16 Å². The summed E-state index contributed by atoms with van der Waals surface area (Å²) in [6.07, 6.45) is 12.3. The highest BCUT2D eigenvalue weighted by molar-refractivity contribution is 5.75. The molecule has 220 valence electrons. The first kappa shape index (κ1) is 35.7. The van der Waals surface area contributed by atoms with Gasteiger partial charge in [0.2, 0.25) is 5.91 Å². The number of rotatable bonds is 22.